The highest BCUT2D eigenvalue weighted by Crippen LogP contribution is 2.67. The number of hydrogen-bond donors (Lipinski definition) is 2. The molecule has 4 aliphatic carbocycles. The number of fused-ring (bicyclic) bond motifs is 2. The van der Waals surface area contributed by atoms with Crippen LogP contribution in [-0.2, 0) is 10.8 Å². The van der Waals surface area contributed by atoms with Gasteiger partial charge in [0, 0.05) is 10.8 Å². The summed E-state index contributed by atoms with van der Waals surface area (Å²) in [7, 11) is 0. The molecule has 0 aromatic heterocycles. The van der Waals surface area contributed by atoms with Crippen LogP contribution in [0, 0.1) is 11.8 Å². The third kappa shape index (κ3) is 2.41. The summed E-state index contributed by atoms with van der Waals surface area (Å²) in [6.45, 7) is 0. The maximum atomic E-state index is 10.5. The van der Waals surface area contributed by atoms with E-state index in [1.54, 1.807) is 0 Å². The molecule has 0 amide bonds. The molecule has 0 spiro atoms. The summed E-state index contributed by atoms with van der Waals surface area (Å²) in [6.07, 6.45) is 7.56. The van der Waals surface area contributed by atoms with Gasteiger partial charge in [-0.25, -0.2) is 0 Å². The predicted octanol–water partition coefficient (Wildman–Crippen LogP) is 7.19. The van der Waals surface area contributed by atoms with E-state index in [-0.39, 0.29) is 10.8 Å². The van der Waals surface area contributed by atoms with Gasteiger partial charge in [0.2, 0.25) is 0 Å². The van der Waals surface area contributed by atoms with Gasteiger partial charge < -0.3 is 10.2 Å². The van der Waals surface area contributed by atoms with Crippen molar-refractivity contribution in [2.45, 2.75) is 49.4 Å². The molecular formula is C30H28O2. The van der Waals surface area contributed by atoms with Gasteiger partial charge in [0.25, 0.3) is 0 Å². The van der Waals surface area contributed by atoms with Crippen LogP contribution in [0.5, 0.6) is 11.5 Å². The summed E-state index contributed by atoms with van der Waals surface area (Å²) in [6, 6.07) is 25.0. The van der Waals surface area contributed by atoms with Crippen molar-refractivity contribution in [2.24, 2.45) is 11.8 Å². The molecule has 2 nitrogen and oxygen atoms in total. The minimum absolute atomic E-state index is 0.163. The van der Waals surface area contributed by atoms with Crippen molar-refractivity contribution in [3.63, 3.8) is 0 Å². The lowest BCUT2D eigenvalue weighted by Crippen LogP contribution is -2.56. The van der Waals surface area contributed by atoms with Crippen LogP contribution >= 0.6 is 0 Å². The number of aromatic hydroxyl groups is 2. The average Bonchev–Trinajstić information content (AvgIpc) is 2.79. The molecule has 4 bridgehead atoms. The summed E-state index contributed by atoms with van der Waals surface area (Å²) in [5, 5.41) is 25.5. The molecule has 4 aromatic rings. The Morgan fingerprint density at radius 1 is 0.531 bits per heavy atom. The maximum Gasteiger partial charge on any atom is 0.123 e. The van der Waals surface area contributed by atoms with Crippen LogP contribution in [0.3, 0.4) is 0 Å². The largest absolute Gasteiger partial charge is 0.507 e. The normalized spacial score (nSPS) is 30.9. The quantitative estimate of drug-likeness (QED) is 0.360. The Kier molecular flexibility index (Phi) is 3.64. The highest BCUT2D eigenvalue weighted by atomic mass is 16.3. The lowest BCUT2D eigenvalue weighted by molar-refractivity contribution is -0.0268. The second kappa shape index (κ2) is 6.28. The zero-order chi connectivity index (χ0) is 21.5. The summed E-state index contributed by atoms with van der Waals surface area (Å²) >= 11 is 0. The molecule has 0 heterocycles. The van der Waals surface area contributed by atoms with Gasteiger partial charge in [0.15, 0.2) is 0 Å². The SMILES string of the molecule is Oc1ccc(C23CC4CC(C2)CC(c2ccc(O)c5ccccc25)(C4)C3)c2ccccc12. The third-order valence-electron chi connectivity index (χ3n) is 9.01. The van der Waals surface area contributed by atoms with E-state index in [2.05, 4.69) is 48.5 Å². The first-order chi connectivity index (χ1) is 15.6. The van der Waals surface area contributed by atoms with Crippen molar-refractivity contribution in [1.82, 2.24) is 0 Å². The standard InChI is InChI=1S/C30H28O2/c31-27-11-9-25(21-5-1-3-7-23(21)27)29-14-19-13-20(15-29)17-30(16-19,18-29)26-10-12-28(32)24-8-4-2-6-22(24)26/h1-12,19-20,31-32H,13-18H2. The summed E-state index contributed by atoms with van der Waals surface area (Å²) < 4.78 is 0. The van der Waals surface area contributed by atoms with E-state index in [1.165, 1.54) is 54.0 Å². The Balaban J connectivity index is 1.45. The zero-order valence-corrected chi connectivity index (χ0v) is 18.2. The summed E-state index contributed by atoms with van der Waals surface area (Å²) in [5.41, 5.74) is 3.20. The molecule has 2 heteroatoms. The lowest BCUT2D eigenvalue weighted by Gasteiger charge is -2.63. The second-order valence-electron chi connectivity index (χ2n) is 10.9. The van der Waals surface area contributed by atoms with Gasteiger partial charge in [-0.05, 0) is 95.2 Å². The molecule has 0 radical (unpaired) electrons. The Morgan fingerprint density at radius 3 is 1.38 bits per heavy atom. The van der Waals surface area contributed by atoms with E-state index in [1.807, 2.05) is 24.3 Å². The van der Waals surface area contributed by atoms with Gasteiger partial charge in [-0.1, -0.05) is 60.7 Å². The third-order valence-corrected chi connectivity index (χ3v) is 9.01. The number of hydrogen-bond acceptors (Lipinski definition) is 2. The molecule has 4 saturated carbocycles. The average molecular weight is 421 g/mol. The van der Waals surface area contributed by atoms with Crippen molar-refractivity contribution in [3.05, 3.63) is 83.9 Å². The highest BCUT2D eigenvalue weighted by Gasteiger charge is 2.59. The smallest absolute Gasteiger partial charge is 0.123 e. The Hall–Kier alpha value is -3.00. The molecule has 8 rings (SSSR count). The van der Waals surface area contributed by atoms with E-state index < -0.39 is 0 Å². The minimum atomic E-state index is 0.163. The highest BCUT2D eigenvalue weighted by molar-refractivity contribution is 5.93. The first kappa shape index (κ1) is 18.6. The number of benzene rings is 4. The molecule has 4 aromatic carbocycles. The number of phenols is 2. The fourth-order valence-corrected chi connectivity index (χ4v) is 8.38. The van der Waals surface area contributed by atoms with Crippen LogP contribution in [0.2, 0.25) is 0 Å². The van der Waals surface area contributed by atoms with Gasteiger partial charge in [0.05, 0.1) is 0 Å². The van der Waals surface area contributed by atoms with Crippen molar-refractivity contribution < 1.29 is 10.2 Å². The van der Waals surface area contributed by atoms with E-state index in [9.17, 15) is 10.2 Å². The molecule has 0 unspecified atom stereocenters. The van der Waals surface area contributed by atoms with Crippen LogP contribution in [0.4, 0.5) is 0 Å². The molecule has 0 saturated heterocycles. The van der Waals surface area contributed by atoms with Crippen molar-refractivity contribution in [3.8, 4) is 11.5 Å². The summed E-state index contributed by atoms with van der Waals surface area (Å²) in [5.74, 6) is 2.26. The molecule has 0 aliphatic heterocycles. The lowest BCUT2D eigenvalue weighted by atomic mass is 9.41. The van der Waals surface area contributed by atoms with Gasteiger partial charge in [-0.3, -0.25) is 0 Å². The summed E-state index contributed by atoms with van der Waals surface area (Å²) in [4.78, 5) is 0. The molecule has 0 atom stereocenters. The monoisotopic (exact) mass is 420 g/mol. The van der Waals surface area contributed by atoms with Gasteiger partial charge in [-0.15, -0.1) is 0 Å². The molecule has 4 aliphatic rings. The van der Waals surface area contributed by atoms with E-state index in [4.69, 9.17) is 0 Å². The molecular weight excluding hydrogens is 392 g/mol. The molecule has 2 N–H and O–H groups in total. The van der Waals surface area contributed by atoms with E-state index in [0.29, 0.717) is 11.5 Å². The topological polar surface area (TPSA) is 40.5 Å². The van der Waals surface area contributed by atoms with Gasteiger partial charge in [-0.2, -0.15) is 0 Å². The fourth-order valence-electron chi connectivity index (χ4n) is 8.38. The van der Waals surface area contributed by atoms with Gasteiger partial charge >= 0.3 is 0 Å². The van der Waals surface area contributed by atoms with Gasteiger partial charge in [0.1, 0.15) is 11.5 Å². The van der Waals surface area contributed by atoms with Crippen LogP contribution in [-0.4, -0.2) is 10.2 Å². The van der Waals surface area contributed by atoms with Crippen molar-refractivity contribution in [1.29, 1.82) is 0 Å². The first-order valence-electron chi connectivity index (χ1n) is 12.0. The first-order valence-corrected chi connectivity index (χ1v) is 12.0. The van der Waals surface area contributed by atoms with E-state index >= 15 is 0 Å². The van der Waals surface area contributed by atoms with Crippen LogP contribution in [0.25, 0.3) is 21.5 Å². The molecule has 4 fully saturated rings. The van der Waals surface area contributed by atoms with Crippen LogP contribution in [0.15, 0.2) is 72.8 Å². The molecule has 32 heavy (non-hydrogen) atoms. The minimum Gasteiger partial charge on any atom is -0.507 e. The number of rotatable bonds is 2. The second-order valence-corrected chi connectivity index (χ2v) is 10.9. The van der Waals surface area contributed by atoms with E-state index in [0.717, 1.165) is 29.0 Å². The predicted molar refractivity (Wildman–Crippen MR) is 129 cm³/mol. The van der Waals surface area contributed by atoms with Crippen LogP contribution in [0.1, 0.15) is 49.7 Å². The Morgan fingerprint density at radius 2 is 0.938 bits per heavy atom. The zero-order valence-electron chi connectivity index (χ0n) is 18.2. The fraction of sp³-hybridized carbons (Fsp3) is 0.333. The Bertz CT molecular complexity index is 1270. The van der Waals surface area contributed by atoms with Crippen molar-refractivity contribution >= 4 is 21.5 Å². The molecule has 160 valence electrons. The van der Waals surface area contributed by atoms with Crippen molar-refractivity contribution in [2.75, 3.05) is 0 Å². The number of phenolic OH excluding ortho intramolecular Hbond substituents is 2. The van der Waals surface area contributed by atoms with Crippen LogP contribution < -0.4 is 0 Å². The maximum absolute atomic E-state index is 10.5. The Labute approximate surface area is 188 Å².